The fraction of sp³-hybridized carbons (Fsp3) is 0.783. The summed E-state index contributed by atoms with van der Waals surface area (Å²) >= 11 is 0. The molecule has 0 amide bonds. The summed E-state index contributed by atoms with van der Waals surface area (Å²) in [6, 6.07) is 0. The Morgan fingerprint density at radius 1 is 1.23 bits per heavy atom. The molecule has 3 aliphatic rings. The Kier molecular flexibility index (Phi) is 7.86. The van der Waals surface area contributed by atoms with Crippen LogP contribution < -0.4 is 0 Å². The van der Waals surface area contributed by atoms with Crippen LogP contribution in [0.1, 0.15) is 64.2 Å². The van der Waals surface area contributed by atoms with Gasteiger partial charge in [0.15, 0.2) is 0 Å². The van der Waals surface area contributed by atoms with Gasteiger partial charge in [0, 0.05) is 18.3 Å². The van der Waals surface area contributed by atoms with Gasteiger partial charge in [-0.05, 0) is 50.0 Å². The lowest BCUT2D eigenvalue weighted by atomic mass is 9.53. The van der Waals surface area contributed by atoms with Gasteiger partial charge >= 0.3 is 12.1 Å². The van der Waals surface area contributed by atoms with Crippen molar-refractivity contribution in [3.05, 3.63) is 23.8 Å². The molecule has 0 saturated heterocycles. The minimum atomic E-state index is -4.47. The molecule has 0 aromatic carbocycles. The third-order valence-corrected chi connectivity index (χ3v) is 7.21. The Morgan fingerprint density at radius 3 is 2.58 bits per heavy atom. The van der Waals surface area contributed by atoms with Gasteiger partial charge in [-0.2, -0.15) is 13.2 Å². The molecule has 31 heavy (non-hydrogen) atoms. The lowest BCUT2D eigenvalue weighted by molar-refractivity contribution is -0.235. The van der Waals surface area contributed by atoms with Gasteiger partial charge in [-0.25, -0.2) is 0 Å². The summed E-state index contributed by atoms with van der Waals surface area (Å²) in [6.07, 6.45) is 5.78. The van der Waals surface area contributed by atoms with Crippen molar-refractivity contribution >= 4 is 5.97 Å². The van der Waals surface area contributed by atoms with Gasteiger partial charge in [-0.15, -0.1) is 0 Å². The van der Waals surface area contributed by atoms with Crippen LogP contribution >= 0.6 is 0 Å². The number of fused-ring (bicyclic) bond motifs is 1. The molecule has 3 aliphatic carbocycles. The number of aliphatic hydroxyl groups excluding tert-OH is 2. The maximum atomic E-state index is 12.9. The molecule has 0 aromatic heterocycles. The third-order valence-electron chi connectivity index (χ3n) is 7.21. The predicted octanol–water partition coefficient (Wildman–Crippen LogP) is 4.38. The molecule has 0 heterocycles. The monoisotopic (exact) mass is 446 g/mol. The molecule has 0 bridgehead atoms. The zero-order valence-electron chi connectivity index (χ0n) is 17.7. The van der Waals surface area contributed by atoms with Gasteiger partial charge in [0.25, 0.3) is 0 Å². The highest BCUT2D eigenvalue weighted by molar-refractivity contribution is 5.66. The second kappa shape index (κ2) is 10.0. The number of halogens is 3. The number of alkyl halides is 3. The van der Waals surface area contributed by atoms with Crippen molar-refractivity contribution in [3.8, 4) is 0 Å². The first-order valence-corrected chi connectivity index (χ1v) is 11.3. The summed E-state index contributed by atoms with van der Waals surface area (Å²) in [5.74, 6) is -1.51. The van der Waals surface area contributed by atoms with Crippen LogP contribution in [0.5, 0.6) is 0 Å². The predicted molar refractivity (Wildman–Crippen MR) is 108 cm³/mol. The van der Waals surface area contributed by atoms with Gasteiger partial charge < -0.3 is 20.1 Å². The Morgan fingerprint density at radius 2 is 1.94 bits per heavy atom. The topological polar surface area (TPSA) is 87.0 Å². The summed E-state index contributed by atoms with van der Waals surface area (Å²) in [7, 11) is 0. The van der Waals surface area contributed by atoms with Crippen LogP contribution in [0.25, 0.3) is 0 Å². The van der Waals surface area contributed by atoms with Crippen LogP contribution in [0, 0.1) is 17.8 Å². The van der Waals surface area contributed by atoms with Crippen molar-refractivity contribution < 1.29 is 38.0 Å². The molecule has 176 valence electrons. The van der Waals surface area contributed by atoms with E-state index in [1.807, 2.05) is 0 Å². The number of aliphatic hydroxyl groups is 2. The normalized spacial score (nSPS) is 34.5. The molecular formula is C23H33F3O5. The lowest BCUT2D eigenvalue weighted by Gasteiger charge is -2.58. The molecule has 3 saturated carbocycles. The summed E-state index contributed by atoms with van der Waals surface area (Å²) in [5, 5.41) is 30.0. The molecule has 0 radical (unpaired) electrons. The lowest BCUT2D eigenvalue weighted by Crippen LogP contribution is -2.60. The number of carboxylic acid groups (broad SMARTS) is 1. The molecule has 1 unspecified atom stereocenters. The molecule has 3 rings (SSSR count). The van der Waals surface area contributed by atoms with E-state index in [0.717, 1.165) is 25.7 Å². The van der Waals surface area contributed by atoms with Crippen LogP contribution in [0.2, 0.25) is 0 Å². The van der Waals surface area contributed by atoms with E-state index in [2.05, 4.69) is 0 Å². The first-order valence-electron chi connectivity index (χ1n) is 11.3. The van der Waals surface area contributed by atoms with Crippen molar-refractivity contribution in [2.24, 2.45) is 17.8 Å². The number of ether oxygens (including phenoxy) is 1. The summed E-state index contributed by atoms with van der Waals surface area (Å²) < 4.78 is 44.3. The number of allylic oxidation sites excluding steroid dienone is 1. The number of aliphatic carboxylic acids is 1. The highest BCUT2D eigenvalue weighted by Gasteiger charge is 2.59. The SMILES string of the molecule is O=C(O)CCC=C1C[C@@H]2[C@@H](C=CC(O)C3CCCCC3)[C@H](O)CC[C@]12OCC(F)(F)F. The van der Waals surface area contributed by atoms with E-state index in [0.29, 0.717) is 18.4 Å². The number of rotatable bonds is 8. The highest BCUT2D eigenvalue weighted by Crippen LogP contribution is 2.58. The van der Waals surface area contributed by atoms with E-state index in [1.165, 1.54) is 6.42 Å². The van der Waals surface area contributed by atoms with E-state index in [4.69, 9.17) is 9.84 Å². The van der Waals surface area contributed by atoms with E-state index in [-0.39, 0.29) is 31.1 Å². The smallest absolute Gasteiger partial charge is 0.411 e. The molecule has 0 aromatic rings. The van der Waals surface area contributed by atoms with Crippen molar-refractivity contribution in [1.29, 1.82) is 0 Å². The largest absolute Gasteiger partial charge is 0.481 e. The van der Waals surface area contributed by atoms with Gasteiger partial charge in [-0.1, -0.05) is 37.5 Å². The van der Waals surface area contributed by atoms with Crippen LogP contribution in [-0.4, -0.2) is 51.9 Å². The Bertz CT molecular complexity index is 683. The molecule has 5 nitrogen and oxygen atoms in total. The van der Waals surface area contributed by atoms with Gasteiger partial charge in [0.1, 0.15) is 6.61 Å². The first-order chi connectivity index (χ1) is 14.6. The Balaban J connectivity index is 1.75. The van der Waals surface area contributed by atoms with Crippen LogP contribution in [0.15, 0.2) is 23.8 Å². The standard InChI is InChI=1S/C23H33F3O5/c24-23(25,26)14-31-22-12-11-20(28)17(9-10-19(27)15-5-2-1-3-6-15)18(22)13-16(22)7-4-8-21(29)30/h7,9-10,15,17-20,27-28H,1-6,8,11-14H2,(H,29,30)/t17-,18-,19?,20-,22+/m1/s1. The van der Waals surface area contributed by atoms with E-state index in [9.17, 15) is 28.2 Å². The van der Waals surface area contributed by atoms with Crippen molar-refractivity contribution in [2.75, 3.05) is 6.61 Å². The van der Waals surface area contributed by atoms with E-state index >= 15 is 0 Å². The van der Waals surface area contributed by atoms with E-state index < -0.39 is 42.5 Å². The Labute approximate surface area is 181 Å². The minimum Gasteiger partial charge on any atom is -0.481 e. The zero-order valence-corrected chi connectivity index (χ0v) is 17.7. The zero-order chi connectivity index (χ0) is 22.6. The summed E-state index contributed by atoms with van der Waals surface area (Å²) in [6.45, 7) is -1.38. The van der Waals surface area contributed by atoms with Crippen LogP contribution in [0.4, 0.5) is 13.2 Å². The average molecular weight is 447 g/mol. The second-order valence-electron chi connectivity index (χ2n) is 9.22. The van der Waals surface area contributed by atoms with Crippen LogP contribution in [0.3, 0.4) is 0 Å². The van der Waals surface area contributed by atoms with Gasteiger partial charge in [0.05, 0.1) is 17.8 Å². The molecule has 8 heteroatoms. The van der Waals surface area contributed by atoms with Crippen molar-refractivity contribution in [3.63, 3.8) is 0 Å². The maximum Gasteiger partial charge on any atom is 0.411 e. The van der Waals surface area contributed by atoms with Crippen molar-refractivity contribution in [2.45, 2.75) is 88.2 Å². The number of hydrogen-bond acceptors (Lipinski definition) is 4. The van der Waals surface area contributed by atoms with Gasteiger partial charge in [0.2, 0.25) is 0 Å². The first kappa shape index (κ1) is 24.3. The summed E-state index contributed by atoms with van der Waals surface area (Å²) in [4.78, 5) is 10.8. The molecule has 0 spiro atoms. The Hall–Kier alpha value is -1.38. The number of carboxylic acids is 1. The molecule has 5 atom stereocenters. The van der Waals surface area contributed by atoms with Crippen molar-refractivity contribution in [1.82, 2.24) is 0 Å². The highest BCUT2D eigenvalue weighted by atomic mass is 19.4. The summed E-state index contributed by atoms with van der Waals surface area (Å²) in [5.41, 5.74) is -0.431. The fourth-order valence-electron chi connectivity index (χ4n) is 5.54. The quantitative estimate of drug-likeness (QED) is 0.482. The molecule has 3 N–H and O–H groups in total. The molecule has 0 aliphatic heterocycles. The molecular weight excluding hydrogens is 413 g/mol. The number of hydrogen-bond donors (Lipinski definition) is 3. The molecule has 3 fully saturated rings. The maximum absolute atomic E-state index is 12.9. The second-order valence-corrected chi connectivity index (χ2v) is 9.22. The van der Waals surface area contributed by atoms with Crippen LogP contribution in [-0.2, 0) is 9.53 Å². The van der Waals surface area contributed by atoms with Gasteiger partial charge in [-0.3, -0.25) is 4.79 Å². The fourth-order valence-corrected chi connectivity index (χ4v) is 5.54. The minimum absolute atomic E-state index is 0.0942. The number of carbonyl (C=O) groups is 1. The average Bonchev–Trinajstić information content (AvgIpc) is 2.70. The third kappa shape index (κ3) is 5.90. The van der Waals surface area contributed by atoms with E-state index in [1.54, 1.807) is 18.2 Å².